The Bertz CT molecular complexity index is 767. The number of aliphatic hydroxyl groups is 1. The van der Waals surface area contributed by atoms with Crippen molar-refractivity contribution < 1.29 is 14.7 Å². The molecule has 31 heavy (non-hydrogen) atoms. The largest absolute Gasteiger partial charge is 0.395 e. The number of nitrogens with one attached hydrogen (secondary N) is 1. The Balaban J connectivity index is 1.62. The van der Waals surface area contributed by atoms with Gasteiger partial charge in [0.15, 0.2) is 0 Å². The molecule has 1 saturated heterocycles. The van der Waals surface area contributed by atoms with Gasteiger partial charge in [0.2, 0.25) is 11.8 Å². The maximum atomic E-state index is 12.9. The first kappa shape index (κ1) is 23.7. The molecular formula is C25H39N3O3. The molecule has 1 aliphatic heterocycles. The number of rotatable bonds is 8. The van der Waals surface area contributed by atoms with Crippen molar-refractivity contribution in [2.24, 2.45) is 10.8 Å². The summed E-state index contributed by atoms with van der Waals surface area (Å²) in [7, 11) is 4.34. The first-order chi connectivity index (χ1) is 14.6. The zero-order chi connectivity index (χ0) is 22.7. The molecule has 1 spiro atoms. The van der Waals surface area contributed by atoms with Gasteiger partial charge in [0.05, 0.1) is 6.61 Å². The number of hydrogen-bond acceptors (Lipinski definition) is 4. The molecule has 6 heteroatoms. The fraction of sp³-hybridized carbons (Fsp3) is 0.680. The van der Waals surface area contributed by atoms with E-state index in [1.807, 2.05) is 18.7 Å². The highest BCUT2D eigenvalue weighted by atomic mass is 16.3. The lowest BCUT2D eigenvalue weighted by Gasteiger charge is -2.49. The fourth-order valence-electron chi connectivity index (χ4n) is 5.39. The molecule has 2 amide bonds. The van der Waals surface area contributed by atoms with Crippen LogP contribution < -0.4 is 5.32 Å². The third-order valence-electron chi connectivity index (χ3n) is 7.73. The van der Waals surface area contributed by atoms with Crippen LogP contribution in [0, 0.1) is 10.8 Å². The summed E-state index contributed by atoms with van der Waals surface area (Å²) < 4.78 is 0. The Labute approximate surface area is 187 Å². The normalized spacial score (nSPS) is 26.6. The molecule has 1 aromatic carbocycles. The van der Waals surface area contributed by atoms with E-state index in [-0.39, 0.29) is 35.9 Å². The zero-order valence-corrected chi connectivity index (χ0v) is 19.6. The molecule has 1 saturated carbocycles. The summed E-state index contributed by atoms with van der Waals surface area (Å²) in [6.07, 6.45) is 5.45. The molecule has 2 aliphatic rings. The first-order valence-corrected chi connectivity index (χ1v) is 11.5. The smallest absolute Gasteiger partial charge is 0.225 e. The van der Waals surface area contributed by atoms with Crippen LogP contribution in [0.3, 0.4) is 0 Å². The van der Waals surface area contributed by atoms with E-state index in [1.54, 1.807) is 0 Å². The minimum Gasteiger partial charge on any atom is -0.395 e. The molecule has 0 unspecified atom stereocenters. The molecular weight excluding hydrogens is 390 g/mol. The van der Waals surface area contributed by atoms with Gasteiger partial charge in [-0.15, -0.1) is 0 Å². The Hall–Kier alpha value is -1.92. The van der Waals surface area contributed by atoms with Crippen molar-refractivity contribution in [1.82, 2.24) is 15.1 Å². The lowest BCUT2D eigenvalue weighted by Crippen LogP contribution is -2.47. The summed E-state index contributed by atoms with van der Waals surface area (Å²) in [4.78, 5) is 29.5. The quantitative estimate of drug-likeness (QED) is 0.667. The highest BCUT2D eigenvalue weighted by molar-refractivity contribution is 5.82. The Morgan fingerprint density at radius 1 is 1.16 bits per heavy atom. The molecule has 0 aromatic heterocycles. The van der Waals surface area contributed by atoms with E-state index < -0.39 is 5.41 Å². The number of amides is 2. The van der Waals surface area contributed by atoms with E-state index in [9.17, 15) is 9.59 Å². The van der Waals surface area contributed by atoms with Crippen LogP contribution in [0.5, 0.6) is 0 Å². The van der Waals surface area contributed by atoms with Gasteiger partial charge in [-0.2, -0.15) is 0 Å². The average Bonchev–Trinajstić information content (AvgIpc) is 3.06. The molecule has 1 aromatic rings. The van der Waals surface area contributed by atoms with Crippen LogP contribution >= 0.6 is 0 Å². The molecule has 2 N–H and O–H groups in total. The van der Waals surface area contributed by atoms with Crippen molar-refractivity contribution >= 4 is 11.8 Å². The van der Waals surface area contributed by atoms with E-state index >= 15 is 0 Å². The Kier molecular flexibility index (Phi) is 7.11. The van der Waals surface area contributed by atoms with E-state index in [0.717, 1.165) is 32.2 Å². The van der Waals surface area contributed by atoms with Gasteiger partial charge in [-0.25, -0.2) is 0 Å². The second-order valence-corrected chi connectivity index (χ2v) is 10.4. The fourth-order valence-corrected chi connectivity index (χ4v) is 5.39. The maximum absolute atomic E-state index is 12.9. The minimum absolute atomic E-state index is 0.0375. The van der Waals surface area contributed by atoms with Gasteiger partial charge in [0, 0.05) is 37.0 Å². The summed E-state index contributed by atoms with van der Waals surface area (Å²) in [5.41, 5.74) is 0.905. The van der Waals surface area contributed by atoms with Crippen LogP contribution in [0.15, 0.2) is 30.3 Å². The highest BCUT2D eigenvalue weighted by Crippen LogP contribution is 2.52. The van der Waals surface area contributed by atoms with Gasteiger partial charge >= 0.3 is 0 Å². The van der Waals surface area contributed by atoms with Crippen molar-refractivity contribution in [2.45, 2.75) is 57.9 Å². The van der Waals surface area contributed by atoms with E-state index in [2.05, 4.69) is 54.6 Å². The Morgan fingerprint density at radius 2 is 1.81 bits per heavy atom. The Morgan fingerprint density at radius 3 is 2.39 bits per heavy atom. The third kappa shape index (κ3) is 4.96. The lowest BCUT2D eigenvalue weighted by atomic mass is 9.64. The maximum Gasteiger partial charge on any atom is 0.225 e. The van der Waals surface area contributed by atoms with Crippen LogP contribution in [-0.4, -0.2) is 67.1 Å². The van der Waals surface area contributed by atoms with Gasteiger partial charge in [0.1, 0.15) is 0 Å². The number of carbonyl (C=O) groups excluding carboxylic acids is 2. The van der Waals surface area contributed by atoms with E-state index in [1.165, 1.54) is 5.56 Å². The van der Waals surface area contributed by atoms with Crippen LogP contribution in [-0.2, 0) is 15.1 Å². The highest BCUT2D eigenvalue weighted by Gasteiger charge is 2.50. The molecule has 0 radical (unpaired) electrons. The number of likely N-dealkylation sites (tertiary alicyclic amines) is 1. The van der Waals surface area contributed by atoms with Crippen molar-refractivity contribution in [3.63, 3.8) is 0 Å². The van der Waals surface area contributed by atoms with E-state index in [4.69, 9.17) is 5.11 Å². The second-order valence-electron chi connectivity index (χ2n) is 10.4. The van der Waals surface area contributed by atoms with Gasteiger partial charge < -0.3 is 15.3 Å². The zero-order valence-electron chi connectivity index (χ0n) is 19.6. The van der Waals surface area contributed by atoms with Gasteiger partial charge in [0.25, 0.3) is 0 Å². The molecule has 6 nitrogen and oxygen atoms in total. The molecule has 0 atom stereocenters. The lowest BCUT2D eigenvalue weighted by molar-refractivity contribution is -0.132. The summed E-state index contributed by atoms with van der Waals surface area (Å²) in [5, 5.41) is 11.7. The van der Waals surface area contributed by atoms with Crippen molar-refractivity contribution in [1.29, 1.82) is 0 Å². The summed E-state index contributed by atoms with van der Waals surface area (Å²) >= 11 is 0. The van der Waals surface area contributed by atoms with E-state index in [0.29, 0.717) is 19.4 Å². The number of hydrogen-bond donors (Lipinski definition) is 2. The van der Waals surface area contributed by atoms with Crippen LogP contribution in [0.4, 0.5) is 0 Å². The molecule has 1 heterocycles. The molecule has 0 bridgehead atoms. The average molecular weight is 430 g/mol. The minimum atomic E-state index is -0.564. The molecule has 2 fully saturated rings. The van der Waals surface area contributed by atoms with Gasteiger partial charge in [-0.05, 0) is 57.2 Å². The van der Waals surface area contributed by atoms with Gasteiger partial charge in [-0.3, -0.25) is 14.5 Å². The summed E-state index contributed by atoms with van der Waals surface area (Å²) in [6.45, 7) is 5.43. The second kappa shape index (κ2) is 9.29. The monoisotopic (exact) mass is 429 g/mol. The van der Waals surface area contributed by atoms with Crippen molar-refractivity contribution in [2.75, 3.05) is 40.3 Å². The summed E-state index contributed by atoms with van der Waals surface area (Å²) in [5.74, 6) is 0.155. The SMILES string of the molecule is CN(C)[C@]1(c2ccccc2)CC[C@@]2(CC1)CC(=O)N(CCC(C)(C)C(=O)NCCO)C2. The van der Waals surface area contributed by atoms with Gasteiger partial charge in [-0.1, -0.05) is 44.2 Å². The molecule has 1 aliphatic carbocycles. The number of carbonyl (C=O) groups is 2. The van der Waals surface area contributed by atoms with Crippen LogP contribution in [0.25, 0.3) is 0 Å². The predicted octanol–water partition coefficient (Wildman–Crippen LogP) is 2.76. The van der Waals surface area contributed by atoms with Crippen LogP contribution in [0.1, 0.15) is 57.9 Å². The van der Waals surface area contributed by atoms with Crippen molar-refractivity contribution in [3.05, 3.63) is 35.9 Å². The van der Waals surface area contributed by atoms with Crippen LogP contribution in [0.2, 0.25) is 0 Å². The summed E-state index contributed by atoms with van der Waals surface area (Å²) in [6, 6.07) is 10.8. The number of nitrogens with zero attached hydrogens (tertiary/aromatic N) is 2. The first-order valence-electron chi connectivity index (χ1n) is 11.5. The third-order valence-corrected chi connectivity index (χ3v) is 7.73. The molecule has 3 rings (SSSR count). The predicted molar refractivity (Wildman–Crippen MR) is 122 cm³/mol. The number of benzene rings is 1. The van der Waals surface area contributed by atoms with Crippen molar-refractivity contribution in [3.8, 4) is 0 Å². The number of aliphatic hydroxyl groups excluding tert-OH is 1. The standard InChI is InChI=1S/C25H39N3O3/c1-23(2,22(31)26-15-17-29)14-16-28-19-24(18-21(28)30)10-12-25(13-11-24,27(3)4)20-8-6-5-7-9-20/h5-9,29H,10-19H2,1-4H3,(H,26,31)/t24-,25-. The topological polar surface area (TPSA) is 72.9 Å². The molecule has 172 valence electrons.